The van der Waals surface area contributed by atoms with Gasteiger partial charge in [0.05, 0.1) is 0 Å². The average Bonchev–Trinajstić information content (AvgIpc) is 0.811. The van der Waals surface area contributed by atoms with Gasteiger partial charge in [0.2, 0.25) is 0 Å². The number of hydrogen-bond acceptors (Lipinski definition) is 0. The topological polar surface area (TPSA) is 0 Å². The van der Waals surface area contributed by atoms with Gasteiger partial charge in [0.1, 0.15) is 0 Å². The summed E-state index contributed by atoms with van der Waals surface area (Å²) in [6.45, 7) is -3.67. The predicted molar refractivity (Wildman–Crippen MR) is 7.11 cm³/mol. The molecule has 0 aromatic carbocycles. The minimum atomic E-state index is -3.67. The van der Waals surface area contributed by atoms with Gasteiger partial charge < -0.3 is 0 Å². The molecule has 0 atom stereocenters. The van der Waals surface area contributed by atoms with Crippen molar-refractivity contribution in [2.45, 2.75) is 6.68 Å². The fraction of sp³-hybridized carbons (Fsp3) is 1.00. The van der Waals surface area contributed by atoms with Gasteiger partial charge in [0.15, 0.2) is 0 Å². The van der Waals surface area contributed by atoms with Crippen LogP contribution < -0.4 is 0 Å². The van der Waals surface area contributed by atoms with Gasteiger partial charge in [0.25, 0.3) is 0 Å². The summed E-state index contributed by atoms with van der Waals surface area (Å²) < 4.78 is 29.0. The predicted octanol–water partition coefficient (Wildman–Crippen LogP) is 1.18. The van der Waals surface area contributed by atoms with Crippen LogP contribution in [0.2, 0.25) is 0 Å². The van der Waals surface area contributed by atoms with Gasteiger partial charge in [-0.25, -0.2) is 0 Å². The molecule has 0 aromatic heterocycles. The maximum Gasteiger partial charge on any atom is 0.379 e. The quantitative estimate of drug-likeness (QED) is 0.588. The van der Waals surface area contributed by atoms with E-state index in [0.29, 0.717) is 0 Å². The van der Waals surface area contributed by atoms with Crippen LogP contribution in [0.25, 0.3) is 0 Å². The van der Waals surface area contributed by atoms with Crippen LogP contribution >= 0.6 is 0 Å². The Morgan fingerprint density at radius 1 is 1.00 bits per heavy atom. The van der Waals surface area contributed by atoms with Crippen molar-refractivity contribution >= 4 is 0 Å². The molecule has 0 amide bonds. The van der Waals surface area contributed by atoms with Crippen molar-refractivity contribution in [3.63, 3.8) is 0 Å². The second-order valence-electron chi connectivity index (χ2n) is 0.247. The molecule has 0 heterocycles. The van der Waals surface area contributed by atoms with Gasteiger partial charge in [-0.05, 0) is 0 Å². The van der Waals surface area contributed by atoms with Crippen molar-refractivity contribution in [3.05, 3.63) is 0 Å². The van der Waals surface area contributed by atoms with Gasteiger partial charge in [-0.3, -0.25) is 0 Å². The standard InChI is InChI=1S/CHF3.Dy/c2-1(3)4;/h1H;. The second kappa shape index (κ2) is 5.06. The zero-order chi connectivity index (χ0) is 3.58. The molecule has 0 aromatic rings. The molecular weight excluding hydrogens is 232 g/mol. The Morgan fingerprint density at radius 3 is 1.00 bits per heavy atom. The molecule has 0 aliphatic rings. The Labute approximate surface area is 57.8 Å². The van der Waals surface area contributed by atoms with Crippen molar-refractivity contribution in [3.8, 4) is 0 Å². The summed E-state index contributed by atoms with van der Waals surface area (Å²) in [5, 5.41) is 0. The normalized spacial score (nSPS) is 7.20. The van der Waals surface area contributed by atoms with E-state index in [0.717, 1.165) is 0 Å². The van der Waals surface area contributed by atoms with Gasteiger partial charge >= 0.3 is 6.68 Å². The zero-order valence-electron chi connectivity index (χ0n) is 2.03. The Balaban J connectivity index is 0. The molecule has 4 heteroatoms. The second-order valence-corrected chi connectivity index (χ2v) is 0.247. The first-order chi connectivity index (χ1) is 1.73. The molecule has 0 rings (SSSR count). The summed E-state index contributed by atoms with van der Waals surface area (Å²) in [5.41, 5.74) is 0. The first kappa shape index (κ1) is 9.41. The Hall–Kier alpha value is 1.06. The van der Waals surface area contributed by atoms with Crippen molar-refractivity contribution in [2.24, 2.45) is 0 Å². The van der Waals surface area contributed by atoms with Gasteiger partial charge in [-0.1, -0.05) is 0 Å². The van der Waals surface area contributed by atoms with Crippen LogP contribution in [-0.2, 0) is 0 Å². The summed E-state index contributed by atoms with van der Waals surface area (Å²) in [6, 6.07) is 0. The van der Waals surface area contributed by atoms with Crippen molar-refractivity contribution in [2.75, 3.05) is 0 Å². The smallest absolute Gasteiger partial charge is 0.174 e. The molecule has 0 nitrogen and oxygen atoms in total. The summed E-state index contributed by atoms with van der Waals surface area (Å²) in [6.07, 6.45) is 0. The third-order valence-corrected chi connectivity index (χ3v) is 0. The van der Waals surface area contributed by atoms with Crippen LogP contribution in [0.4, 0.5) is 13.2 Å². The molecule has 0 fully saturated rings. The van der Waals surface area contributed by atoms with Crippen molar-refractivity contribution < 1.29 is 51.3 Å². The van der Waals surface area contributed by atoms with Crippen LogP contribution in [0.1, 0.15) is 0 Å². The molecule has 5 heavy (non-hydrogen) atoms. The molecule has 0 unspecified atom stereocenters. The number of hydrogen-bond donors (Lipinski definition) is 0. The zero-order valence-corrected chi connectivity index (χ0v) is 4.06. The third-order valence-electron chi connectivity index (χ3n) is 0. The summed E-state index contributed by atoms with van der Waals surface area (Å²) in [7, 11) is 0. The average molecular weight is 233 g/mol. The fourth-order valence-corrected chi connectivity index (χ4v) is 0. The molecule has 0 radical (unpaired) electrons. The molecular formula is CHDyF3. The summed E-state index contributed by atoms with van der Waals surface area (Å²) in [4.78, 5) is 0. The van der Waals surface area contributed by atoms with E-state index in [1.807, 2.05) is 0 Å². The van der Waals surface area contributed by atoms with E-state index < -0.39 is 6.68 Å². The maximum atomic E-state index is 9.67. The SMILES string of the molecule is FC(F)F.[Dy]. The summed E-state index contributed by atoms with van der Waals surface area (Å²) in [5.74, 6) is 0. The maximum absolute atomic E-state index is 9.67. The summed E-state index contributed by atoms with van der Waals surface area (Å²) >= 11 is 0. The van der Waals surface area contributed by atoms with E-state index in [1.165, 1.54) is 0 Å². The first-order valence-electron chi connectivity index (χ1n) is 0.655. The van der Waals surface area contributed by atoms with Gasteiger partial charge in [-0.2, -0.15) is 13.2 Å². The molecule has 0 aliphatic carbocycles. The molecule has 0 spiro atoms. The van der Waals surface area contributed by atoms with Gasteiger partial charge in [0, 0.05) is 38.2 Å². The molecule has 0 saturated carbocycles. The molecule has 0 N–H and O–H groups in total. The van der Waals surface area contributed by atoms with E-state index in [-0.39, 0.29) is 38.2 Å². The van der Waals surface area contributed by atoms with Crippen LogP contribution in [0.15, 0.2) is 0 Å². The van der Waals surface area contributed by atoms with Crippen LogP contribution in [-0.4, -0.2) is 6.68 Å². The van der Waals surface area contributed by atoms with Crippen molar-refractivity contribution in [1.29, 1.82) is 0 Å². The number of alkyl halides is 3. The molecule has 36 valence electrons. The fourth-order valence-electron chi connectivity index (χ4n) is 0. The first-order valence-corrected chi connectivity index (χ1v) is 0.655. The number of rotatable bonds is 0. The minimum Gasteiger partial charge on any atom is -0.174 e. The largest absolute Gasteiger partial charge is 0.379 e. The van der Waals surface area contributed by atoms with E-state index in [1.54, 1.807) is 0 Å². The van der Waals surface area contributed by atoms with Crippen LogP contribution in [0.5, 0.6) is 0 Å². The minimum absolute atomic E-state index is 0. The van der Waals surface area contributed by atoms with Crippen LogP contribution in [0.3, 0.4) is 0 Å². The Morgan fingerprint density at radius 2 is 1.00 bits per heavy atom. The Bertz CT molecular complexity index is 11.6. The van der Waals surface area contributed by atoms with Crippen LogP contribution in [0, 0.1) is 38.2 Å². The van der Waals surface area contributed by atoms with E-state index in [2.05, 4.69) is 0 Å². The van der Waals surface area contributed by atoms with Crippen molar-refractivity contribution in [1.82, 2.24) is 0 Å². The monoisotopic (exact) mass is 234 g/mol. The van der Waals surface area contributed by atoms with E-state index in [4.69, 9.17) is 0 Å². The molecule has 0 saturated heterocycles. The molecule has 0 aliphatic heterocycles. The Kier molecular flexibility index (Phi) is 9.53. The number of halogens is 3. The van der Waals surface area contributed by atoms with E-state index >= 15 is 0 Å². The van der Waals surface area contributed by atoms with E-state index in [9.17, 15) is 13.2 Å². The third kappa shape index (κ3) is 42.0. The molecule has 0 bridgehead atoms. The van der Waals surface area contributed by atoms with Gasteiger partial charge in [-0.15, -0.1) is 0 Å².